The Kier molecular flexibility index (Phi) is 5.46. The van der Waals surface area contributed by atoms with E-state index < -0.39 is 0 Å². The summed E-state index contributed by atoms with van der Waals surface area (Å²) in [6.45, 7) is 6.00. The highest BCUT2D eigenvalue weighted by molar-refractivity contribution is 5.97. The molecule has 0 bridgehead atoms. The Morgan fingerprint density at radius 3 is 2.12 bits per heavy atom. The standard InChI is InChI=1S/C19H27N3O3/c1-15-6-7-17(25-2)16(14-15)18(23)20-10-12-22(13-11-20)19(24)21-8-4-3-5-9-21/h6-7,14H,3-5,8-13H2,1-2H3. The molecule has 2 aliphatic heterocycles. The summed E-state index contributed by atoms with van der Waals surface area (Å²) in [5, 5.41) is 0. The van der Waals surface area contributed by atoms with Crippen molar-refractivity contribution in [3.05, 3.63) is 29.3 Å². The van der Waals surface area contributed by atoms with Crippen LogP contribution in [0.15, 0.2) is 18.2 Å². The Balaban J connectivity index is 1.61. The molecule has 1 aromatic carbocycles. The van der Waals surface area contributed by atoms with E-state index in [-0.39, 0.29) is 11.9 Å². The molecule has 0 spiro atoms. The van der Waals surface area contributed by atoms with Crippen LogP contribution in [0.4, 0.5) is 4.79 Å². The summed E-state index contributed by atoms with van der Waals surface area (Å²) in [7, 11) is 1.58. The Hall–Kier alpha value is -2.24. The van der Waals surface area contributed by atoms with Gasteiger partial charge in [0.15, 0.2) is 0 Å². The first-order valence-electron chi connectivity index (χ1n) is 9.08. The quantitative estimate of drug-likeness (QED) is 0.827. The molecule has 136 valence electrons. The van der Waals surface area contributed by atoms with Crippen LogP contribution in [0.3, 0.4) is 0 Å². The molecule has 1 aromatic rings. The first-order valence-corrected chi connectivity index (χ1v) is 9.08. The molecule has 2 aliphatic rings. The molecule has 0 radical (unpaired) electrons. The third-order valence-electron chi connectivity index (χ3n) is 5.05. The number of hydrogen-bond acceptors (Lipinski definition) is 3. The molecule has 3 amide bonds. The normalized spacial score (nSPS) is 18.2. The molecule has 0 atom stereocenters. The number of nitrogens with zero attached hydrogens (tertiary/aromatic N) is 3. The maximum absolute atomic E-state index is 12.8. The van der Waals surface area contributed by atoms with Gasteiger partial charge in [0.05, 0.1) is 12.7 Å². The predicted molar refractivity (Wildman–Crippen MR) is 96.0 cm³/mol. The van der Waals surface area contributed by atoms with E-state index in [0.717, 1.165) is 31.5 Å². The van der Waals surface area contributed by atoms with E-state index in [1.54, 1.807) is 7.11 Å². The number of carbonyl (C=O) groups excluding carboxylic acids is 2. The molecule has 3 rings (SSSR count). The molecule has 0 unspecified atom stereocenters. The number of amides is 3. The van der Waals surface area contributed by atoms with Crippen LogP contribution in [-0.2, 0) is 0 Å². The van der Waals surface area contributed by atoms with E-state index in [2.05, 4.69) is 0 Å². The number of likely N-dealkylation sites (tertiary alicyclic amines) is 1. The molecular formula is C19H27N3O3. The molecule has 0 aromatic heterocycles. The van der Waals surface area contributed by atoms with Gasteiger partial charge in [-0.15, -0.1) is 0 Å². The average molecular weight is 345 g/mol. The highest BCUT2D eigenvalue weighted by Crippen LogP contribution is 2.22. The number of ether oxygens (including phenoxy) is 1. The summed E-state index contributed by atoms with van der Waals surface area (Å²) in [4.78, 5) is 31.1. The largest absolute Gasteiger partial charge is 0.496 e. The van der Waals surface area contributed by atoms with Crippen LogP contribution in [-0.4, -0.2) is 73.0 Å². The number of hydrogen-bond donors (Lipinski definition) is 0. The van der Waals surface area contributed by atoms with Gasteiger partial charge >= 0.3 is 6.03 Å². The third kappa shape index (κ3) is 3.89. The zero-order valence-corrected chi connectivity index (χ0v) is 15.2. The van der Waals surface area contributed by atoms with Gasteiger partial charge in [0.25, 0.3) is 5.91 Å². The first-order chi connectivity index (χ1) is 12.1. The lowest BCUT2D eigenvalue weighted by Crippen LogP contribution is -2.54. The lowest BCUT2D eigenvalue weighted by Gasteiger charge is -2.38. The van der Waals surface area contributed by atoms with Crippen LogP contribution < -0.4 is 4.74 Å². The minimum atomic E-state index is -0.0226. The second kappa shape index (κ2) is 7.76. The predicted octanol–water partition coefficient (Wildman–Crippen LogP) is 2.37. The molecule has 2 saturated heterocycles. The van der Waals surface area contributed by atoms with Gasteiger partial charge < -0.3 is 19.4 Å². The summed E-state index contributed by atoms with van der Waals surface area (Å²) in [5.41, 5.74) is 1.63. The molecule has 25 heavy (non-hydrogen) atoms. The number of aryl methyl sites for hydroxylation is 1. The molecule has 6 nitrogen and oxygen atoms in total. The van der Waals surface area contributed by atoms with Gasteiger partial charge in [-0.25, -0.2) is 4.79 Å². The van der Waals surface area contributed by atoms with Crippen LogP contribution in [0.25, 0.3) is 0 Å². The number of piperazine rings is 1. The fourth-order valence-corrected chi connectivity index (χ4v) is 3.55. The van der Waals surface area contributed by atoms with Crippen molar-refractivity contribution >= 4 is 11.9 Å². The molecule has 2 fully saturated rings. The number of urea groups is 1. The summed E-state index contributed by atoms with van der Waals surface area (Å²) >= 11 is 0. The van der Waals surface area contributed by atoms with E-state index in [1.165, 1.54) is 6.42 Å². The van der Waals surface area contributed by atoms with Gasteiger partial charge in [0, 0.05) is 39.3 Å². The second-order valence-corrected chi connectivity index (χ2v) is 6.81. The molecule has 0 aliphatic carbocycles. The topological polar surface area (TPSA) is 53.1 Å². The highest BCUT2D eigenvalue weighted by atomic mass is 16.5. The number of piperidine rings is 1. The van der Waals surface area contributed by atoms with Gasteiger partial charge in [-0.05, 0) is 38.3 Å². The van der Waals surface area contributed by atoms with E-state index in [4.69, 9.17) is 4.74 Å². The monoisotopic (exact) mass is 345 g/mol. The van der Waals surface area contributed by atoms with Crippen molar-refractivity contribution in [1.82, 2.24) is 14.7 Å². The van der Waals surface area contributed by atoms with Gasteiger partial charge in [-0.3, -0.25) is 4.79 Å². The van der Waals surface area contributed by atoms with Crippen molar-refractivity contribution in [2.45, 2.75) is 26.2 Å². The lowest BCUT2D eigenvalue weighted by atomic mass is 10.1. The number of methoxy groups -OCH3 is 1. The number of carbonyl (C=O) groups is 2. The number of benzene rings is 1. The van der Waals surface area contributed by atoms with Gasteiger partial charge in [-0.1, -0.05) is 11.6 Å². The van der Waals surface area contributed by atoms with Crippen molar-refractivity contribution in [2.75, 3.05) is 46.4 Å². The van der Waals surface area contributed by atoms with Crippen LogP contribution in [0.1, 0.15) is 35.2 Å². The van der Waals surface area contributed by atoms with Gasteiger partial charge in [0.2, 0.25) is 0 Å². The molecule has 0 N–H and O–H groups in total. The van der Waals surface area contributed by atoms with Crippen molar-refractivity contribution in [3.63, 3.8) is 0 Å². The van der Waals surface area contributed by atoms with Crippen LogP contribution in [0.5, 0.6) is 5.75 Å². The summed E-state index contributed by atoms with van der Waals surface area (Å²) in [6.07, 6.45) is 3.40. The molecule has 0 saturated carbocycles. The minimum absolute atomic E-state index is 0.0226. The maximum atomic E-state index is 12.8. The SMILES string of the molecule is COc1ccc(C)cc1C(=O)N1CCN(C(=O)N2CCCCC2)CC1. The third-order valence-corrected chi connectivity index (χ3v) is 5.05. The van der Waals surface area contributed by atoms with Crippen LogP contribution in [0.2, 0.25) is 0 Å². The minimum Gasteiger partial charge on any atom is -0.496 e. The van der Waals surface area contributed by atoms with Crippen molar-refractivity contribution in [3.8, 4) is 5.75 Å². The molecular weight excluding hydrogens is 318 g/mol. The first kappa shape index (κ1) is 17.6. The Morgan fingerprint density at radius 2 is 1.48 bits per heavy atom. The summed E-state index contributed by atoms with van der Waals surface area (Å²) in [5.74, 6) is 0.577. The van der Waals surface area contributed by atoms with Crippen molar-refractivity contribution < 1.29 is 14.3 Å². The summed E-state index contributed by atoms with van der Waals surface area (Å²) < 4.78 is 5.33. The average Bonchev–Trinajstić information content (AvgIpc) is 2.67. The fourth-order valence-electron chi connectivity index (χ4n) is 3.55. The van der Waals surface area contributed by atoms with E-state index in [1.807, 2.05) is 39.8 Å². The molecule has 2 heterocycles. The number of rotatable bonds is 2. The van der Waals surface area contributed by atoms with Crippen LogP contribution >= 0.6 is 0 Å². The van der Waals surface area contributed by atoms with E-state index in [0.29, 0.717) is 37.5 Å². The summed E-state index contributed by atoms with van der Waals surface area (Å²) in [6, 6.07) is 5.76. The maximum Gasteiger partial charge on any atom is 0.320 e. The van der Waals surface area contributed by atoms with E-state index >= 15 is 0 Å². The molecule has 6 heteroatoms. The van der Waals surface area contributed by atoms with E-state index in [9.17, 15) is 9.59 Å². The van der Waals surface area contributed by atoms with Gasteiger partial charge in [-0.2, -0.15) is 0 Å². The Bertz CT molecular complexity index is 633. The van der Waals surface area contributed by atoms with Crippen molar-refractivity contribution in [1.29, 1.82) is 0 Å². The highest BCUT2D eigenvalue weighted by Gasteiger charge is 2.29. The fraction of sp³-hybridized carbons (Fsp3) is 0.579. The second-order valence-electron chi connectivity index (χ2n) is 6.81. The van der Waals surface area contributed by atoms with Crippen molar-refractivity contribution in [2.24, 2.45) is 0 Å². The Morgan fingerprint density at radius 1 is 0.880 bits per heavy atom. The van der Waals surface area contributed by atoms with Crippen LogP contribution in [0, 0.1) is 6.92 Å². The Labute approximate surface area is 149 Å². The van der Waals surface area contributed by atoms with Gasteiger partial charge in [0.1, 0.15) is 5.75 Å². The smallest absolute Gasteiger partial charge is 0.320 e. The lowest BCUT2D eigenvalue weighted by molar-refractivity contribution is 0.0630. The zero-order valence-electron chi connectivity index (χ0n) is 15.2. The zero-order chi connectivity index (χ0) is 17.8.